The summed E-state index contributed by atoms with van der Waals surface area (Å²) in [6, 6.07) is 9.97. The van der Waals surface area contributed by atoms with Crippen molar-refractivity contribution in [3.63, 3.8) is 0 Å². The van der Waals surface area contributed by atoms with Crippen molar-refractivity contribution in [3.05, 3.63) is 46.3 Å². The normalized spacial score (nSPS) is 31.8. The molecule has 98 valence electrons. The molecule has 2 nitrogen and oxygen atoms in total. The van der Waals surface area contributed by atoms with E-state index in [1.54, 1.807) is 10.4 Å². The predicted octanol–water partition coefficient (Wildman–Crippen LogP) is 3.18. The molecule has 1 aliphatic carbocycles. The molecule has 4 rings (SSSR count). The topological polar surface area (TPSA) is 7.12 Å². The van der Waals surface area contributed by atoms with Crippen LogP contribution in [-0.2, 0) is 12.5 Å². The highest BCUT2D eigenvalue weighted by Crippen LogP contribution is 2.59. The first-order chi connectivity index (χ1) is 9.13. The number of pyridine rings is 1. The molecule has 3 heterocycles. The van der Waals surface area contributed by atoms with Crippen molar-refractivity contribution in [1.82, 2.24) is 0 Å². The smallest absolute Gasteiger partial charge is 0.251 e. The van der Waals surface area contributed by atoms with Gasteiger partial charge in [0.1, 0.15) is 12.1 Å². The van der Waals surface area contributed by atoms with E-state index in [-0.39, 0.29) is 0 Å². The van der Waals surface area contributed by atoms with E-state index in [0.29, 0.717) is 17.5 Å². The maximum atomic E-state index is 2.62. The lowest BCUT2D eigenvalue weighted by Gasteiger charge is -2.33. The highest BCUT2D eigenvalue weighted by atomic mass is 32.1. The van der Waals surface area contributed by atoms with Crippen LogP contribution in [0.1, 0.15) is 36.8 Å². The van der Waals surface area contributed by atoms with Crippen molar-refractivity contribution in [2.24, 2.45) is 7.05 Å². The molecule has 3 unspecified atom stereocenters. The van der Waals surface area contributed by atoms with Crippen LogP contribution in [0, 0.1) is 0 Å². The number of anilines is 1. The molecule has 1 fully saturated rings. The molecule has 3 atom stereocenters. The number of aromatic nitrogens is 1. The zero-order valence-corrected chi connectivity index (χ0v) is 12.4. The molecule has 2 bridgehead atoms. The molecule has 0 radical (unpaired) electrons. The number of hydrogen-bond acceptors (Lipinski definition) is 2. The quantitative estimate of drug-likeness (QED) is 0.723. The van der Waals surface area contributed by atoms with Gasteiger partial charge >= 0.3 is 0 Å². The van der Waals surface area contributed by atoms with E-state index in [1.807, 2.05) is 11.3 Å². The second-order valence-corrected chi connectivity index (χ2v) is 7.04. The van der Waals surface area contributed by atoms with Crippen LogP contribution in [0.15, 0.2) is 35.8 Å². The van der Waals surface area contributed by atoms with Gasteiger partial charge in [0.05, 0.1) is 18.1 Å². The molecule has 0 spiro atoms. The Labute approximate surface area is 118 Å². The summed E-state index contributed by atoms with van der Waals surface area (Å²) >= 11 is 1.93. The van der Waals surface area contributed by atoms with Crippen molar-refractivity contribution >= 4 is 17.2 Å². The SMILES string of the molecule is CC1N(c2cccc[n+]2C)C2CC1(C)c1ccsc12. The van der Waals surface area contributed by atoms with E-state index in [2.05, 4.69) is 66.2 Å². The first-order valence-electron chi connectivity index (χ1n) is 6.94. The van der Waals surface area contributed by atoms with Gasteiger partial charge in [-0.3, -0.25) is 4.90 Å². The summed E-state index contributed by atoms with van der Waals surface area (Å²) in [5, 5.41) is 2.26. The second kappa shape index (κ2) is 3.60. The van der Waals surface area contributed by atoms with Crippen molar-refractivity contribution in [1.29, 1.82) is 0 Å². The van der Waals surface area contributed by atoms with E-state index in [4.69, 9.17) is 0 Å². The van der Waals surface area contributed by atoms with E-state index < -0.39 is 0 Å². The average Bonchev–Trinajstić information content (AvgIpc) is 3.02. The van der Waals surface area contributed by atoms with E-state index >= 15 is 0 Å². The van der Waals surface area contributed by atoms with Crippen molar-refractivity contribution < 1.29 is 4.57 Å². The van der Waals surface area contributed by atoms with Crippen LogP contribution in [0.4, 0.5) is 5.82 Å². The standard InChI is InChI=1S/C16H19N2S/c1-11-16(2)10-13(15-12(16)7-9-19-15)18(11)14-6-4-5-8-17(14)3/h4-9,11,13H,10H2,1-3H3/q+1. The number of thiophene rings is 1. The molecule has 19 heavy (non-hydrogen) atoms. The van der Waals surface area contributed by atoms with Gasteiger partial charge in [-0.25, -0.2) is 4.57 Å². The molecular formula is C16H19N2S+. The fourth-order valence-electron chi connectivity index (χ4n) is 3.99. The van der Waals surface area contributed by atoms with E-state index in [9.17, 15) is 0 Å². The molecule has 0 amide bonds. The van der Waals surface area contributed by atoms with Crippen molar-refractivity contribution in [2.75, 3.05) is 4.90 Å². The van der Waals surface area contributed by atoms with Crippen molar-refractivity contribution in [3.8, 4) is 0 Å². The second-order valence-electron chi connectivity index (χ2n) is 6.09. The average molecular weight is 271 g/mol. The molecule has 2 aromatic heterocycles. The summed E-state index contributed by atoms with van der Waals surface area (Å²) in [7, 11) is 2.14. The summed E-state index contributed by atoms with van der Waals surface area (Å²) in [6.07, 6.45) is 3.41. The fourth-order valence-corrected chi connectivity index (χ4v) is 5.13. The minimum atomic E-state index is 0.322. The van der Waals surface area contributed by atoms with Gasteiger partial charge in [-0.2, -0.15) is 0 Å². The van der Waals surface area contributed by atoms with Gasteiger partial charge in [-0.05, 0) is 30.0 Å². The Morgan fingerprint density at radius 1 is 1.37 bits per heavy atom. The summed E-state index contributed by atoms with van der Waals surface area (Å²) in [4.78, 5) is 4.21. The molecule has 2 aromatic rings. The van der Waals surface area contributed by atoms with Crippen LogP contribution in [0.3, 0.4) is 0 Å². The van der Waals surface area contributed by atoms with E-state index in [0.717, 1.165) is 0 Å². The summed E-state index contributed by atoms with van der Waals surface area (Å²) in [6.45, 7) is 4.82. The van der Waals surface area contributed by atoms with Gasteiger partial charge in [0.15, 0.2) is 0 Å². The molecular weight excluding hydrogens is 252 g/mol. The zero-order valence-electron chi connectivity index (χ0n) is 11.6. The summed E-state index contributed by atoms with van der Waals surface area (Å²) < 4.78 is 2.24. The lowest BCUT2D eigenvalue weighted by atomic mass is 9.80. The third kappa shape index (κ3) is 1.29. The first-order valence-corrected chi connectivity index (χ1v) is 7.82. The Bertz CT molecular complexity index is 648. The Morgan fingerprint density at radius 3 is 3.00 bits per heavy atom. The van der Waals surface area contributed by atoms with Crippen LogP contribution in [0.25, 0.3) is 0 Å². The minimum Gasteiger partial charge on any atom is -0.251 e. The Balaban J connectivity index is 1.88. The minimum absolute atomic E-state index is 0.322. The van der Waals surface area contributed by atoms with Gasteiger partial charge < -0.3 is 0 Å². The number of aryl methyl sites for hydroxylation is 1. The van der Waals surface area contributed by atoms with Crippen LogP contribution < -0.4 is 9.47 Å². The highest BCUT2D eigenvalue weighted by Gasteiger charge is 2.60. The van der Waals surface area contributed by atoms with Gasteiger partial charge in [-0.1, -0.05) is 13.0 Å². The molecule has 0 saturated carbocycles. The van der Waals surface area contributed by atoms with Crippen molar-refractivity contribution in [2.45, 2.75) is 37.8 Å². The van der Waals surface area contributed by atoms with Crippen LogP contribution in [0.2, 0.25) is 0 Å². The number of rotatable bonds is 1. The zero-order chi connectivity index (χ0) is 13.2. The number of nitrogens with zero attached hydrogens (tertiary/aromatic N) is 2. The third-order valence-electron chi connectivity index (χ3n) is 5.20. The highest BCUT2D eigenvalue weighted by molar-refractivity contribution is 7.10. The monoisotopic (exact) mass is 271 g/mol. The third-order valence-corrected chi connectivity index (χ3v) is 6.22. The van der Waals surface area contributed by atoms with Crippen LogP contribution >= 0.6 is 11.3 Å². The largest absolute Gasteiger partial charge is 0.277 e. The maximum Gasteiger partial charge on any atom is 0.277 e. The lowest BCUT2D eigenvalue weighted by molar-refractivity contribution is -0.659. The number of hydrogen-bond donors (Lipinski definition) is 0. The fraction of sp³-hybridized carbons (Fsp3) is 0.438. The van der Waals surface area contributed by atoms with E-state index in [1.165, 1.54) is 12.2 Å². The first kappa shape index (κ1) is 11.5. The van der Waals surface area contributed by atoms with Crippen LogP contribution in [0.5, 0.6) is 0 Å². The summed E-state index contributed by atoms with van der Waals surface area (Å²) in [5.41, 5.74) is 1.92. The Hall–Kier alpha value is -1.35. The van der Waals surface area contributed by atoms with Gasteiger partial charge in [0, 0.05) is 17.9 Å². The maximum absolute atomic E-state index is 2.62. The van der Waals surface area contributed by atoms with Crippen LogP contribution in [-0.4, -0.2) is 6.04 Å². The molecule has 0 N–H and O–H groups in total. The Kier molecular flexibility index (Phi) is 2.17. The van der Waals surface area contributed by atoms with Gasteiger partial charge in [0.25, 0.3) is 5.82 Å². The Morgan fingerprint density at radius 2 is 2.21 bits per heavy atom. The van der Waals surface area contributed by atoms with Gasteiger partial charge in [-0.15, -0.1) is 11.3 Å². The predicted molar refractivity (Wildman–Crippen MR) is 78.6 cm³/mol. The molecule has 3 heteroatoms. The molecule has 0 aromatic carbocycles. The lowest BCUT2D eigenvalue weighted by Crippen LogP contribution is -2.47. The summed E-state index contributed by atoms with van der Waals surface area (Å²) in [5.74, 6) is 1.34. The number of fused-ring (bicyclic) bond motifs is 5. The molecule has 2 aliphatic rings. The van der Waals surface area contributed by atoms with Gasteiger partial charge in [0.2, 0.25) is 0 Å². The molecule has 1 aliphatic heterocycles. The molecule has 1 saturated heterocycles.